The molecule has 0 radical (unpaired) electrons. The minimum atomic E-state index is -1.15. The van der Waals surface area contributed by atoms with Gasteiger partial charge in [0.15, 0.2) is 6.61 Å². The topological polar surface area (TPSA) is 128 Å². The van der Waals surface area contributed by atoms with Crippen molar-refractivity contribution in [3.63, 3.8) is 0 Å². The fourth-order valence-corrected chi connectivity index (χ4v) is 2.25. The molecule has 0 unspecified atom stereocenters. The van der Waals surface area contributed by atoms with Crippen molar-refractivity contribution in [2.45, 2.75) is 19.4 Å². The molecule has 10 nitrogen and oxygen atoms in total. The molecule has 10 heteroatoms. The van der Waals surface area contributed by atoms with Crippen LogP contribution in [0.2, 0.25) is 0 Å². The van der Waals surface area contributed by atoms with Crippen LogP contribution in [0.4, 0.5) is 11.4 Å². The maximum Gasteiger partial charge on any atom is 0.341 e. The van der Waals surface area contributed by atoms with E-state index in [2.05, 4.69) is 5.10 Å². The molecule has 0 fully saturated rings. The van der Waals surface area contributed by atoms with Crippen molar-refractivity contribution in [2.75, 3.05) is 18.6 Å². The highest BCUT2D eigenvalue weighted by atomic mass is 16.6. The summed E-state index contributed by atoms with van der Waals surface area (Å²) >= 11 is 0. The number of nitro groups is 1. The lowest BCUT2D eigenvalue weighted by atomic mass is 10.0. The molecule has 0 atom stereocenters. The maximum absolute atomic E-state index is 12.8. The number of carbonyl (C=O) groups excluding carboxylic acids is 1. The summed E-state index contributed by atoms with van der Waals surface area (Å²) in [4.78, 5) is 34.9. The van der Waals surface area contributed by atoms with Gasteiger partial charge in [-0.05, 0) is 38.1 Å². The number of ether oxygens (including phenoxy) is 1. The van der Waals surface area contributed by atoms with E-state index in [1.54, 1.807) is 45.2 Å². The van der Waals surface area contributed by atoms with Gasteiger partial charge in [0.05, 0.1) is 4.92 Å². The molecule has 1 N–H and O–H groups in total. The van der Waals surface area contributed by atoms with Crippen molar-refractivity contribution < 1.29 is 24.4 Å². The molecule has 0 saturated carbocycles. The highest BCUT2D eigenvalue weighted by Gasteiger charge is 2.35. The monoisotopic (exact) mass is 362 g/mol. The van der Waals surface area contributed by atoms with Crippen LogP contribution in [0.25, 0.3) is 0 Å². The van der Waals surface area contributed by atoms with Crippen LogP contribution in [0.1, 0.15) is 13.8 Å². The van der Waals surface area contributed by atoms with Gasteiger partial charge < -0.3 is 14.7 Å². The van der Waals surface area contributed by atoms with Crippen LogP contribution in [0.3, 0.4) is 0 Å². The second-order valence-electron chi connectivity index (χ2n) is 6.00. The maximum atomic E-state index is 12.8. The minimum Gasteiger partial charge on any atom is -0.482 e. The van der Waals surface area contributed by atoms with E-state index >= 15 is 0 Å². The number of amides is 1. The molecule has 1 aromatic heterocycles. The fraction of sp³-hybridized carbons (Fsp3) is 0.312. The Morgan fingerprint density at radius 2 is 1.96 bits per heavy atom. The molecular weight excluding hydrogens is 344 g/mol. The second-order valence-corrected chi connectivity index (χ2v) is 6.00. The van der Waals surface area contributed by atoms with Crippen LogP contribution in [0, 0.1) is 10.1 Å². The lowest BCUT2D eigenvalue weighted by molar-refractivity contribution is -0.385. The third-order valence-corrected chi connectivity index (χ3v) is 3.77. The van der Waals surface area contributed by atoms with Gasteiger partial charge in [-0.3, -0.25) is 19.6 Å². The van der Waals surface area contributed by atoms with Gasteiger partial charge in [0.25, 0.3) is 5.91 Å². The first kappa shape index (κ1) is 18.9. The molecule has 0 bridgehead atoms. The first-order valence-corrected chi connectivity index (χ1v) is 7.55. The van der Waals surface area contributed by atoms with Crippen LogP contribution < -0.4 is 9.64 Å². The molecule has 1 heterocycles. The fourth-order valence-electron chi connectivity index (χ4n) is 2.25. The number of aromatic nitrogens is 2. The third kappa shape index (κ3) is 3.97. The van der Waals surface area contributed by atoms with E-state index in [0.717, 1.165) is 6.20 Å². The molecule has 2 rings (SSSR count). The number of hydrogen-bond donors (Lipinski definition) is 1. The van der Waals surface area contributed by atoms with Crippen molar-refractivity contribution in [1.29, 1.82) is 0 Å². The second kappa shape index (κ2) is 7.21. The highest BCUT2D eigenvalue weighted by Crippen LogP contribution is 2.25. The summed E-state index contributed by atoms with van der Waals surface area (Å²) in [5, 5.41) is 23.3. The van der Waals surface area contributed by atoms with Crippen LogP contribution in [-0.4, -0.2) is 45.3 Å². The molecule has 138 valence electrons. The van der Waals surface area contributed by atoms with Gasteiger partial charge in [-0.1, -0.05) is 0 Å². The summed E-state index contributed by atoms with van der Waals surface area (Å²) in [7, 11) is 1.56. The number of hydrogen-bond acceptors (Lipinski definition) is 6. The number of anilines is 1. The Bertz CT molecular complexity index is 828. The molecule has 1 aromatic carbocycles. The number of carboxylic acids is 1. The predicted molar refractivity (Wildman–Crippen MR) is 91.2 cm³/mol. The van der Waals surface area contributed by atoms with Crippen LogP contribution in [0.5, 0.6) is 5.75 Å². The van der Waals surface area contributed by atoms with Crippen LogP contribution in [0.15, 0.2) is 36.7 Å². The quantitative estimate of drug-likeness (QED) is 0.586. The Morgan fingerprint density at radius 3 is 2.46 bits per heavy atom. The van der Waals surface area contributed by atoms with Crippen molar-refractivity contribution in [2.24, 2.45) is 0 Å². The molecule has 0 aliphatic heterocycles. The SMILES string of the molecule is CN(C(=O)C(C)(C)n1cc([N+](=O)[O-])cn1)c1ccc(OCC(=O)O)cc1. The van der Waals surface area contributed by atoms with E-state index in [4.69, 9.17) is 9.84 Å². The van der Waals surface area contributed by atoms with E-state index in [1.807, 2.05) is 0 Å². The number of carboxylic acid groups (broad SMARTS) is 1. The van der Waals surface area contributed by atoms with E-state index in [0.29, 0.717) is 11.4 Å². The Morgan fingerprint density at radius 1 is 1.35 bits per heavy atom. The smallest absolute Gasteiger partial charge is 0.341 e. The molecule has 1 amide bonds. The van der Waals surface area contributed by atoms with Gasteiger partial charge in [-0.25, -0.2) is 4.79 Å². The number of nitrogens with zero attached hydrogens (tertiary/aromatic N) is 4. The van der Waals surface area contributed by atoms with E-state index in [9.17, 15) is 19.7 Å². The summed E-state index contributed by atoms with van der Waals surface area (Å²) in [6.45, 7) is 2.75. The zero-order valence-electron chi connectivity index (χ0n) is 14.4. The molecule has 0 spiro atoms. The Hall–Kier alpha value is -3.43. The molecule has 26 heavy (non-hydrogen) atoms. The zero-order valence-corrected chi connectivity index (χ0v) is 14.4. The number of carbonyl (C=O) groups is 2. The lowest BCUT2D eigenvalue weighted by Gasteiger charge is -2.29. The largest absolute Gasteiger partial charge is 0.482 e. The average molecular weight is 362 g/mol. The normalized spacial score (nSPS) is 11.0. The van der Waals surface area contributed by atoms with Crippen molar-refractivity contribution >= 4 is 23.3 Å². The van der Waals surface area contributed by atoms with Gasteiger partial charge in [-0.15, -0.1) is 0 Å². The zero-order chi connectivity index (χ0) is 19.5. The van der Waals surface area contributed by atoms with Gasteiger partial charge >= 0.3 is 11.7 Å². The van der Waals surface area contributed by atoms with E-state index in [-0.39, 0.29) is 11.6 Å². The first-order chi connectivity index (χ1) is 12.1. The summed E-state index contributed by atoms with van der Waals surface area (Å²) in [6, 6.07) is 6.31. The number of likely N-dealkylation sites (N-methyl/N-ethyl adjacent to an activating group) is 1. The molecular formula is C16H18N4O6. The number of aliphatic carboxylic acids is 1. The van der Waals surface area contributed by atoms with Gasteiger partial charge in [-0.2, -0.15) is 5.10 Å². The van der Waals surface area contributed by atoms with Gasteiger partial charge in [0.1, 0.15) is 23.7 Å². The third-order valence-electron chi connectivity index (χ3n) is 3.77. The van der Waals surface area contributed by atoms with Crippen molar-refractivity contribution in [1.82, 2.24) is 9.78 Å². The molecule has 0 saturated heterocycles. The van der Waals surface area contributed by atoms with E-state index in [1.165, 1.54) is 15.8 Å². The molecule has 2 aromatic rings. The van der Waals surface area contributed by atoms with Crippen LogP contribution in [-0.2, 0) is 15.1 Å². The first-order valence-electron chi connectivity index (χ1n) is 7.55. The average Bonchev–Trinajstić information content (AvgIpc) is 3.10. The predicted octanol–water partition coefficient (Wildman–Crippen LogP) is 1.65. The standard InChI is InChI=1S/C16H18N4O6/c1-16(2,19-9-12(8-17-19)20(24)25)15(23)18(3)11-4-6-13(7-5-11)26-10-14(21)22/h4-9H,10H2,1-3H3,(H,21,22). The lowest BCUT2D eigenvalue weighted by Crippen LogP contribution is -2.45. The van der Waals surface area contributed by atoms with E-state index < -0.39 is 23.0 Å². The van der Waals surface area contributed by atoms with Crippen LogP contribution >= 0.6 is 0 Å². The number of rotatable bonds is 7. The summed E-state index contributed by atoms with van der Waals surface area (Å²) < 4.78 is 6.29. The summed E-state index contributed by atoms with van der Waals surface area (Å²) in [5.74, 6) is -1.06. The Labute approximate surface area is 148 Å². The van der Waals surface area contributed by atoms with Gasteiger partial charge in [0.2, 0.25) is 0 Å². The summed E-state index contributed by atoms with van der Waals surface area (Å²) in [5.41, 5.74) is -0.803. The highest BCUT2D eigenvalue weighted by molar-refractivity contribution is 5.97. The van der Waals surface area contributed by atoms with Crippen molar-refractivity contribution in [3.05, 3.63) is 46.8 Å². The molecule has 0 aliphatic carbocycles. The van der Waals surface area contributed by atoms with Crippen molar-refractivity contribution in [3.8, 4) is 5.75 Å². The van der Waals surface area contributed by atoms with Gasteiger partial charge in [0, 0.05) is 12.7 Å². The Kier molecular flexibility index (Phi) is 5.24. The Balaban J connectivity index is 2.16. The molecule has 0 aliphatic rings. The summed E-state index contributed by atoms with van der Waals surface area (Å²) in [6.07, 6.45) is 2.29. The number of benzene rings is 1. The minimum absolute atomic E-state index is 0.200.